The van der Waals surface area contributed by atoms with E-state index in [1.54, 1.807) is 7.11 Å². The lowest BCUT2D eigenvalue weighted by Crippen LogP contribution is -2.00. The number of hydrogen-bond donors (Lipinski definition) is 0. The Balaban J connectivity index is -0.000000105. The van der Waals surface area contributed by atoms with E-state index in [0.717, 1.165) is 0 Å². The normalized spacial score (nSPS) is 8.50. The standard InChI is InChI=1S/C3H10OSi.C3H10Si.C2H8Si/c1-4-5(2)3;1-4(2)3;1-3-2/h5H,1-3H3;4H,1-3H3;3H2,1-2H3. The second-order valence-electron chi connectivity index (χ2n) is 3.72. The molecule has 0 heterocycles. The summed E-state index contributed by atoms with van der Waals surface area (Å²) >= 11 is 0. The predicted octanol–water partition coefficient (Wildman–Crippen LogP) is 1.97. The molecule has 0 aliphatic heterocycles. The molecule has 0 amide bonds. The lowest BCUT2D eigenvalue weighted by molar-refractivity contribution is 0.430. The lowest BCUT2D eigenvalue weighted by Gasteiger charge is -1.92. The van der Waals surface area contributed by atoms with Crippen LogP contribution < -0.4 is 0 Å². The van der Waals surface area contributed by atoms with Crippen LogP contribution in [0.4, 0.5) is 0 Å². The first-order valence-corrected chi connectivity index (χ1v) is 14.0. The molecule has 0 rings (SSSR count). The Hall–Kier alpha value is 0.611. The second kappa shape index (κ2) is 17.6. The highest BCUT2D eigenvalue weighted by molar-refractivity contribution is 6.54. The van der Waals surface area contributed by atoms with E-state index in [1.807, 2.05) is 0 Å². The van der Waals surface area contributed by atoms with Gasteiger partial charge in [0.25, 0.3) is 0 Å². The van der Waals surface area contributed by atoms with Gasteiger partial charge in [0.2, 0.25) is 0 Å². The number of hydrogen-bond acceptors (Lipinski definition) is 1. The summed E-state index contributed by atoms with van der Waals surface area (Å²) in [5, 5.41) is 0. The van der Waals surface area contributed by atoms with Crippen LogP contribution in [0.5, 0.6) is 0 Å². The third-order valence-electron chi connectivity index (χ3n) is 0.471. The zero-order chi connectivity index (χ0) is 10.6. The maximum absolute atomic E-state index is 4.89. The molecule has 0 aliphatic carbocycles. The summed E-state index contributed by atoms with van der Waals surface area (Å²) in [4.78, 5) is 0. The molecule has 0 aromatic rings. The molecule has 0 saturated heterocycles. The first kappa shape index (κ1) is 18.4. The van der Waals surface area contributed by atoms with Gasteiger partial charge in [0, 0.05) is 25.4 Å². The minimum absolute atomic E-state index is 0.139. The van der Waals surface area contributed by atoms with Crippen molar-refractivity contribution in [2.45, 2.75) is 45.8 Å². The fourth-order valence-corrected chi connectivity index (χ4v) is 0. The van der Waals surface area contributed by atoms with Crippen molar-refractivity contribution in [1.82, 2.24) is 0 Å². The molecule has 1 nitrogen and oxygen atoms in total. The van der Waals surface area contributed by atoms with Crippen LogP contribution in [0.25, 0.3) is 0 Å². The fraction of sp³-hybridized carbons (Fsp3) is 1.00. The Bertz CT molecular complexity index is 55.5. The highest BCUT2D eigenvalue weighted by atomic mass is 28.3. The van der Waals surface area contributed by atoms with E-state index in [9.17, 15) is 0 Å². The minimum atomic E-state index is -0.650. The van der Waals surface area contributed by atoms with Crippen LogP contribution in [-0.4, -0.2) is 34.5 Å². The van der Waals surface area contributed by atoms with Crippen molar-refractivity contribution in [1.29, 1.82) is 0 Å². The van der Waals surface area contributed by atoms with Gasteiger partial charge in [0.05, 0.1) is 0 Å². The Morgan fingerprint density at radius 2 is 1.00 bits per heavy atom. The zero-order valence-corrected chi connectivity index (χ0v) is 14.0. The van der Waals surface area contributed by atoms with Crippen LogP contribution in [0.1, 0.15) is 0 Å². The third kappa shape index (κ3) is 144. The summed E-state index contributed by atoms with van der Waals surface area (Å²) in [6.07, 6.45) is 0. The van der Waals surface area contributed by atoms with Gasteiger partial charge in [0.1, 0.15) is 0 Å². The molecular weight excluding hydrogens is 196 g/mol. The molecule has 0 spiro atoms. The van der Waals surface area contributed by atoms with Crippen molar-refractivity contribution in [2.75, 3.05) is 7.11 Å². The first-order valence-electron chi connectivity index (χ1n) is 4.94. The summed E-state index contributed by atoms with van der Waals surface area (Å²) in [7, 11) is 1.39. The van der Waals surface area contributed by atoms with Gasteiger partial charge in [-0.05, 0) is 13.1 Å². The Morgan fingerprint density at radius 3 is 1.00 bits per heavy atom. The maximum Gasteiger partial charge on any atom is 0.170 e. The quantitative estimate of drug-likeness (QED) is 0.619. The molecule has 0 N–H and O–H groups in total. The van der Waals surface area contributed by atoms with Crippen LogP contribution in [-0.2, 0) is 4.43 Å². The fourth-order valence-electron chi connectivity index (χ4n) is 0. The molecule has 78 valence electrons. The van der Waals surface area contributed by atoms with Crippen LogP contribution in [0.15, 0.2) is 0 Å². The van der Waals surface area contributed by atoms with Crippen molar-refractivity contribution in [3.05, 3.63) is 0 Å². The van der Waals surface area contributed by atoms with Crippen molar-refractivity contribution in [2.24, 2.45) is 0 Å². The monoisotopic (exact) mass is 224 g/mol. The minimum Gasteiger partial charge on any atom is -0.424 e. The summed E-state index contributed by atoms with van der Waals surface area (Å²) in [5.41, 5.74) is 0. The van der Waals surface area contributed by atoms with Gasteiger partial charge in [-0.1, -0.05) is 32.7 Å². The SMILES string of the molecule is CO[SiH](C)C.C[SiH2]C.C[SiH](C)C. The molecule has 0 aromatic heterocycles. The number of rotatable bonds is 1. The second-order valence-corrected chi connectivity index (χ2v) is 11.2. The van der Waals surface area contributed by atoms with E-state index in [2.05, 4.69) is 45.8 Å². The van der Waals surface area contributed by atoms with Crippen LogP contribution >= 0.6 is 0 Å². The van der Waals surface area contributed by atoms with E-state index in [4.69, 9.17) is 4.43 Å². The molecule has 12 heavy (non-hydrogen) atoms. The van der Waals surface area contributed by atoms with Gasteiger partial charge in [-0.2, -0.15) is 0 Å². The summed E-state index contributed by atoms with van der Waals surface area (Å²) in [6, 6.07) is 0. The Morgan fingerprint density at radius 1 is 0.917 bits per heavy atom. The lowest BCUT2D eigenvalue weighted by atomic mass is 11.8. The van der Waals surface area contributed by atoms with Crippen molar-refractivity contribution < 1.29 is 4.43 Å². The van der Waals surface area contributed by atoms with E-state index >= 15 is 0 Å². The molecule has 0 aromatic carbocycles. The van der Waals surface area contributed by atoms with E-state index in [-0.39, 0.29) is 8.80 Å². The van der Waals surface area contributed by atoms with Crippen molar-refractivity contribution in [3.63, 3.8) is 0 Å². The van der Waals surface area contributed by atoms with Crippen LogP contribution in [0.3, 0.4) is 0 Å². The Kier molecular flexibility index (Phi) is 27.0. The van der Waals surface area contributed by atoms with Gasteiger partial charge in [-0.15, -0.1) is 0 Å². The third-order valence-corrected chi connectivity index (χ3v) is 1.41. The Labute approximate surface area is 85.1 Å². The van der Waals surface area contributed by atoms with Gasteiger partial charge in [0.15, 0.2) is 9.04 Å². The maximum atomic E-state index is 4.89. The molecule has 4 heteroatoms. The zero-order valence-electron chi connectivity index (χ0n) is 10.3. The van der Waals surface area contributed by atoms with Gasteiger partial charge >= 0.3 is 0 Å². The van der Waals surface area contributed by atoms with Gasteiger partial charge < -0.3 is 4.43 Å². The summed E-state index contributed by atoms with van der Waals surface area (Å²) in [6.45, 7) is 15.7. The predicted molar refractivity (Wildman–Crippen MR) is 70.9 cm³/mol. The average molecular weight is 225 g/mol. The highest BCUT2D eigenvalue weighted by Crippen LogP contribution is 1.73. The topological polar surface area (TPSA) is 9.23 Å². The van der Waals surface area contributed by atoms with Crippen molar-refractivity contribution >= 4 is 27.4 Å². The van der Waals surface area contributed by atoms with Crippen molar-refractivity contribution in [3.8, 4) is 0 Å². The first-order chi connectivity index (χ1) is 5.42. The molecule has 0 saturated carbocycles. The van der Waals surface area contributed by atoms with Gasteiger partial charge in [-0.3, -0.25) is 0 Å². The highest BCUT2D eigenvalue weighted by Gasteiger charge is 1.83. The molecule has 0 radical (unpaired) electrons. The summed E-state index contributed by atoms with van der Waals surface area (Å²) < 4.78 is 4.89. The molecule has 0 aliphatic rings. The van der Waals surface area contributed by atoms with E-state index in [0.29, 0.717) is 9.52 Å². The largest absolute Gasteiger partial charge is 0.424 e. The van der Waals surface area contributed by atoms with Gasteiger partial charge in [-0.25, -0.2) is 0 Å². The summed E-state index contributed by atoms with van der Waals surface area (Å²) in [5.74, 6) is 0. The molecule has 0 fully saturated rings. The molecule has 0 unspecified atom stereocenters. The van der Waals surface area contributed by atoms with E-state index in [1.165, 1.54) is 0 Å². The average Bonchev–Trinajstić information content (AvgIpc) is 1.88. The smallest absolute Gasteiger partial charge is 0.170 e. The van der Waals surface area contributed by atoms with E-state index < -0.39 is 9.04 Å². The van der Waals surface area contributed by atoms with Crippen LogP contribution in [0.2, 0.25) is 45.8 Å². The molecular formula is C8H28OSi3. The molecule has 0 bridgehead atoms. The molecule has 0 atom stereocenters. The van der Waals surface area contributed by atoms with Crippen LogP contribution in [0, 0.1) is 0 Å².